The highest BCUT2D eigenvalue weighted by molar-refractivity contribution is 7.99. The van der Waals surface area contributed by atoms with Crippen molar-refractivity contribution in [2.24, 2.45) is 0 Å². The van der Waals surface area contributed by atoms with Gasteiger partial charge in [0.05, 0.1) is 21.7 Å². The minimum atomic E-state index is -3.67. The van der Waals surface area contributed by atoms with Crippen LogP contribution >= 0.6 is 23.1 Å². The van der Waals surface area contributed by atoms with Crippen molar-refractivity contribution >= 4 is 54.9 Å². The Kier molecular flexibility index (Phi) is 8.94. The quantitative estimate of drug-likeness (QED) is 0.192. The van der Waals surface area contributed by atoms with Crippen molar-refractivity contribution in [3.8, 4) is 5.69 Å². The molecule has 222 valence electrons. The Morgan fingerprint density at radius 1 is 0.976 bits per heavy atom. The first-order valence-electron chi connectivity index (χ1n) is 14.1. The van der Waals surface area contributed by atoms with Gasteiger partial charge in [-0.15, -0.1) is 11.3 Å². The Labute approximate surface area is 255 Å². The lowest BCUT2D eigenvalue weighted by atomic mass is 10.1. The van der Waals surface area contributed by atoms with Crippen LogP contribution in [-0.2, 0) is 14.8 Å². The van der Waals surface area contributed by atoms with Crippen molar-refractivity contribution in [2.75, 3.05) is 24.2 Å². The molecular weight excluding hydrogens is 589 g/mol. The molecule has 4 aromatic rings. The molecule has 1 amide bonds. The van der Waals surface area contributed by atoms with E-state index in [1.807, 2.05) is 45.9 Å². The van der Waals surface area contributed by atoms with Gasteiger partial charge in [-0.2, -0.15) is 4.31 Å². The summed E-state index contributed by atoms with van der Waals surface area (Å²) in [4.78, 5) is 33.7. The van der Waals surface area contributed by atoms with Crippen molar-refractivity contribution in [1.82, 2.24) is 13.9 Å². The number of nitrogens with zero attached hydrogens (tertiary/aromatic N) is 3. The summed E-state index contributed by atoms with van der Waals surface area (Å²) in [5.74, 6) is -0.323. The summed E-state index contributed by atoms with van der Waals surface area (Å²) in [5, 5.41) is 3.89. The second kappa shape index (κ2) is 12.3. The summed E-state index contributed by atoms with van der Waals surface area (Å²) in [5.41, 5.74) is 4.59. The van der Waals surface area contributed by atoms with Crippen molar-refractivity contribution in [3.63, 3.8) is 0 Å². The molecule has 0 unspecified atom stereocenters. The number of sulfonamides is 1. The number of hydrogen-bond acceptors (Lipinski definition) is 7. The van der Waals surface area contributed by atoms with Gasteiger partial charge >= 0.3 is 0 Å². The second-order valence-corrected chi connectivity index (χ2v) is 14.9. The van der Waals surface area contributed by atoms with E-state index in [0.29, 0.717) is 39.7 Å². The molecule has 0 aliphatic carbocycles. The van der Waals surface area contributed by atoms with Crippen LogP contribution in [0.4, 0.5) is 5.69 Å². The van der Waals surface area contributed by atoms with Crippen LogP contribution in [0.15, 0.2) is 51.2 Å². The number of amides is 1. The van der Waals surface area contributed by atoms with Gasteiger partial charge in [-0.1, -0.05) is 42.8 Å². The van der Waals surface area contributed by atoms with Gasteiger partial charge in [0.2, 0.25) is 15.9 Å². The third kappa shape index (κ3) is 5.92. The van der Waals surface area contributed by atoms with Crippen LogP contribution in [0.2, 0.25) is 0 Å². The lowest BCUT2D eigenvalue weighted by Crippen LogP contribution is -2.32. The SMILES string of the molecule is Cc1ccc(NC(=O)CSc2nc3sc(C)c(C)c3c(=O)n2-c2cccc(C)c2C)cc1S(=O)(=O)N1CCCCCC1. The highest BCUT2D eigenvalue weighted by Gasteiger charge is 2.27. The Morgan fingerprint density at radius 2 is 1.69 bits per heavy atom. The van der Waals surface area contributed by atoms with E-state index in [1.54, 1.807) is 34.0 Å². The number of nitrogens with one attached hydrogen (secondary N) is 1. The predicted octanol–water partition coefficient (Wildman–Crippen LogP) is 6.28. The number of thiophene rings is 1. The lowest BCUT2D eigenvalue weighted by Gasteiger charge is -2.21. The van der Waals surface area contributed by atoms with Crippen LogP contribution in [0.3, 0.4) is 0 Å². The van der Waals surface area contributed by atoms with Crippen LogP contribution in [0, 0.1) is 34.6 Å². The fraction of sp³-hybridized carbons (Fsp3) is 0.387. The Balaban J connectivity index is 1.42. The summed E-state index contributed by atoms with van der Waals surface area (Å²) >= 11 is 2.66. The normalized spacial score (nSPS) is 14.7. The monoisotopic (exact) mass is 624 g/mol. The zero-order valence-electron chi connectivity index (χ0n) is 24.6. The third-order valence-electron chi connectivity index (χ3n) is 7.98. The highest BCUT2D eigenvalue weighted by atomic mass is 32.2. The van der Waals surface area contributed by atoms with Gasteiger partial charge in [0, 0.05) is 23.7 Å². The highest BCUT2D eigenvalue weighted by Crippen LogP contribution is 2.31. The van der Waals surface area contributed by atoms with Crippen LogP contribution in [0.25, 0.3) is 15.9 Å². The summed E-state index contributed by atoms with van der Waals surface area (Å²) in [7, 11) is -3.67. The van der Waals surface area contributed by atoms with E-state index in [2.05, 4.69) is 5.32 Å². The second-order valence-electron chi connectivity index (χ2n) is 10.9. The number of thioether (sulfide) groups is 1. The predicted molar refractivity (Wildman–Crippen MR) is 172 cm³/mol. The molecule has 1 fully saturated rings. The summed E-state index contributed by atoms with van der Waals surface area (Å²) in [6.45, 7) is 10.7. The van der Waals surface area contributed by atoms with Crippen molar-refractivity contribution in [1.29, 1.82) is 0 Å². The van der Waals surface area contributed by atoms with Gasteiger partial charge in [-0.05, 0) is 87.9 Å². The molecule has 8 nitrogen and oxygen atoms in total. The molecule has 11 heteroatoms. The number of benzene rings is 2. The number of anilines is 1. The molecule has 2 aromatic carbocycles. The maximum absolute atomic E-state index is 13.9. The van der Waals surface area contributed by atoms with E-state index in [-0.39, 0.29) is 22.1 Å². The minimum Gasteiger partial charge on any atom is -0.325 e. The van der Waals surface area contributed by atoms with E-state index in [0.717, 1.165) is 52.9 Å². The maximum Gasteiger partial charge on any atom is 0.267 e. The minimum absolute atomic E-state index is 0.00572. The third-order valence-corrected chi connectivity index (χ3v) is 12.1. The van der Waals surface area contributed by atoms with Gasteiger partial charge in [0.1, 0.15) is 4.83 Å². The fourth-order valence-electron chi connectivity index (χ4n) is 5.27. The van der Waals surface area contributed by atoms with Crippen LogP contribution in [-0.4, -0.2) is 47.0 Å². The Bertz CT molecular complexity index is 1840. The molecule has 0 radical (unpaired) electrons. The van der Waals surface area contributed by atoms with E-state index in [9.17, 15) is 18.0 Å². The van der Waals surface area contributed by atoms with Gasteiger partial charge < -0.3 is 5.32 Å². The zero-order chi connectivity index (χ0) is 30.2. The summed E-state index contributed by atoms with van der Waals surface area (Å²) in [6.07, 6.45) is 3.76. The van der Waals surface area contributed by atoms with Crippen molar-refractivity contribution in [3.05, 3.63) is 73.9 Å². The molecule has 0 atom stereocenters. The van der Waals surface area contributed by atoms with Crippen LogP contribution in [0.5, 0.6) is 0 Å². The Morgan fingerprint density at radius 3 is 2.40 bits per heavy atom. The molecule has 0 bridgehead atoms. The lowest BCUT2D eigenvalue weighted by molar-refractivity contribution is -0.113. The summed E-state index contributed by atoms with van der Waals surface area (Å²) in [6, 6.07) is 10.8. The first-order chi connectivity index (χ1) is 20.0. The van der Waals surface area contributed by atoms with Crippen LogP contribution in [0.1, 0.15) is 52.8 Å². The molecule has 0 saturated carbocycles. The van der Waals surface area contributed by atoms with Gasteiger partial charge in [-0.25, -0.2) is 13.4 Å². The number of carbonyl (C=O) groups excluding carboxylic acids is 1. The van der Waals surface area contributed by atoms with Crippen molar-refractivity contribution in [2.45, 2.75) is 70.4 Å². The van der Waals surface area contributed by atoms with E-state index >= 15 is 0 Å². The molecule has 3 heterocycles. The average Bonchev–Trinajstić information content (AvgIpc) is 3.11. The van der Waals surface area contributed by atoms with Crippen molar-refractivity contribution < 1.29 is 13.2 Å². The smallest absolute Gasteiger partial charge is 0.267 e. The van der Waals surface area contributed by atoms with Gasteiger partial charge in [0.25, 0.3) is 5.56 Å². The van der Waals surface area contributed by atoms with E-state index in [4.69, 9.17) is 4.98 Å². The number of aryl methyl sites for hydroxylation is 4. The van der Waals surface area contributed by atoms with Crippen LogP contribution < -0.4 is 10.9 Å². The number of rotatable bonds is 7. The van der Waals surface area contributed by atoms with E-state index in [1.165, 1.54) is 23.1 Å². The average molecular weight is 625 g/mol. The molecule has 1 saturated heterocycles. The zero-order valence-corrected chi connectivity index (χ0v) is 27.1. The first-order valence-corrected chi connectivity index (χ1v) is 17.4. The molecule has 5 rings (SSSR count). The fourth-order valence-corrected chi connectivity index (χ4v) is 8.91. The number of aromatic nitrogens is 2. The van der Waals surface area contributed by atoms with Gasteiger partial charge in [0.15, 0.2) is 5.16 Å². The van der Waals surface area contributed by atoms with E-state index < -0.39 is 10.0 Å². The topological polar surface area (TPSA) is 101 Å². The summed E-state index contributed by atoms with van der Waals surface area (Å²) < 4.78 is 30.1. The molecule has 42 heavy (non-hydrogen) atoms. The molecular formula is C31H36N4O4S3. The molecule has 1 aliphatic heterocycles. The van der Waals surface area contributed by atoms with Gasteiger partial charge in [-0.3, -0.25) is 14.2 Å². The Hall–Kier alpha value is -2.99. The first kappa shape index (κ1) is 30.5. The number of carbonyl (C=O) groups is 1. The largest absolute Gasteiger partial charge is 0.325 e. The number of hydrogen-bond donors (Lipinski definition) is 1. The molecule has 0 spiro atoms. The number of fused-ring (bicyclic) bond motifs is 1. The standard InChI is InChI=1S/C31H36N4O4S3/c1-19-11-10-12-25(21(19)3)35-30(37)28-22(4)23(5)41-29(28)33-31(35)40-18-27(36)32-24-14-13-20(2)26(17-24)42(38,39)34-15-8-6-7-9-16-34/h10-14,17H,6-9,15-16,18H2,1-5H3,(H,32,36). The molecule has 2 aromatic heterocycles. The maximum atomic E-state index is 13.9. The molecule has 1 aliphatic rings. The molecule has 1 N–H and O–H groups in total.